The van der Waals surface area contributed by atoms with Crippen LogP contribution in [0.3, 0.4) is 0 Å². The van der Waals surface area contributed by atoms with E-state index in [1.165, 1.54) is 18.2 Å². The largest absolute Gasteiger partial charge is 0.490 e. The minimum absolute atomic E-state index is 0.109. The van der Waals surface area contributed by atoms with Crippen LogP contribution < -0.4 is 14.4 Å². The Morgan fingerprint density at radius 2 is 1.94 bits per heavy atom. The second-order valence-corrected chi connectivity index (χ2v) is 9.78. The first-order valence-corrected chi connectivity index (χ1v) is 11.3. The highest BCUT2D eigenvalue weighted by Crippen LogP contribution is 2.39. The minimum Gasteiger partial charge on any atom is -0.490 e. The molecule has 0 fully saturated rings. The first kappa shape index (κ1) is 22.5. The number of hydrogen-bond donors (Lipinski definition) is 1. The number of nitrogens with zero attached hydrogens (tertiary/aromatic N) is 2. The van der Waals surface area contributed by atoms with Gasteiger partial charge in [-0.05, 0) is 51.0 Å². The van der Waals surface area contributed by atoms with Crippen molar-refractivity contribution in [1.82, 2.24) is 0 Å². The van der Waals surface area contributed by atoms with Crippen molar-refractivity contribution in [2.75, 3.05) is 22.8 Å². The summed E-state index contributed by atoms with van der Waals surface area (Å²) in [6.45, 7) is 7.78. The van der Waals surface area contributed by atoms with Crippen molar-refractivity contribution < 1.29 is 22.9 Å². The van der Waals surface area contributed by atoms with Crippen LogP contribution in [0.4, 0.5) is 17.1 Å². The molecule has 1 aliphatic heterocycles. The molecule has 0 unspecified atom stereocenters. The average Bonchev–Trinajstić information content (AvgIpc) is 2.78. The molecule has 0 saturated carbocycles. The van der Waals surface area contributed by atoms with Gasteiger partial charge in [-0.15, -0.1) is 0 Å². The number of nitrogens with one attached hydrogen (secondary N) is 1. The molecule has 0 bridgehead atoms. The quantitative estimate of drug-likeness (QED) is 0.530. The smallest absolute Gasteiger partial charge is 0.270 e. The van der Waals surface area contributed by atoms with Gasteiger partial charge in [-0.25, -0.2) is 8.42 Å². The number of benzene rings is 2. The maximum Gasteiger partial charge on any atom is 0.270 e. The highest BCUT2D eigenvalue weighted by atomic mass is 32.2. The van der Waals surface area contributed by atoms with Crippen LogP contribution in [0.15, 0.2) is 41.3 Å². The molecule has 0 saturated heterocycles. The monoisotopic (exact) mass is 447 g/mol. The number of rotatable bonds is 6. The molecule has 2 aromatic rings. The number of amides is 1. The molecular weight excluding hydrogens is 422 g/mol. The fraction of sp³-hybridized carbons (Fsp3) is 0.381. The maximum absolute atomic E-state index is 13.0. The summed E-state index contributed by atoms with van der Waals surface area (Å²) >= 11 is 0. The van der Waals surface area contributed by atoms with E-state index in [0.717, 1.165) is 6.07 Å². The second-order valence-electron chi connectivity index (χ2n) is 8.12. The minimum atomic E-state index is -4.10. The van der Waals surface area contributed by atoms with Crippen LogP contribution in [-0.4, -0.2) is 32.4 Å². The number of nitro groups is 1. The Bertz CT molecular complexity index is 1140. The van der Waals surface area contributed by atoms with Crippen molar-refractivity contribution in [3.63, 3.8) is 0 Å². The number of non-ortho nitro benzene ring substituents is 1. The zero-order valence-electron chi connectivity index (χ0n) is 17.8. The summed E-state index contributed by atoms with van der Waals surface area (Å²) in [4.78, 5) is 24.9. The lowest BCUT2D eigenvalue weighted by Gasteiger charge is -2.28. The Morgan fingerprint density at radius 3 is 2.58 bits per heavy atom. The van der Waals surface area contributed by atoms with Gasteiger partial charge < -0.3 is 9.64 Å². The Morgan fingerprint density at radius 1 is 1.23 bits per heavy atom. The van der Waals surface area contributed by atoms with Crippen LogP contribution in [-0.2, 0) is 14.8 Å². The fourth-order valence-electron chi connectivity index (χ4n) is 3.36. The number of sulfonamides is 1. The van der Waals surface area contributed by atoms with Crippen LogP contribution in [0.1, 0.15) is 32.8 Å². The van der Waals surface area contributed by atoms with E-state index in [1.807, 2.05) is 6.92 Å². The molecule has 1 aliphatic rings. The van der Waals surface area contributed by atoms with Gasteiger partial charge in [0.2, 0.25) is 5.91 Å². The predicted octanol–water partition coefficient (Wildman–Crippen LogP) is 3.87. The number of carbonyl (C=O) groups is 1. The van der Waals surface area contributed by atoms with E-state index in [-0.39, 0.29) is 28.8 Å². The molecule has 10 heteroatoms. The van der Waals surface area contributed by atoms with Crippen molar-refractivity contribution in [2.24, 2.45) is 5.41 Å². The van der Waals surface area contributed by atoms with Gasteiger partial charge in [0.25, 0.3) is 15.7 Å². The van der Waals surface area contributed by atoms with Crippen molar-refractivity contribution in [1.29, 1.82) is 0 Å². The number of aryl methyl sites for hydroxylation is 1. The van der Waals surface area contributed by atoms with Crippen LogP contribution in [0.2, 0.25) is 0 Å². The number of carbonyl (C=O) groups excluding carboxylic acids is 1. The standard InChI is InChI=1S/C21H25N3O6S/c1-5-10-23-17-11-15(7-9-18(17)30-13-21(3,4)20(23)25)22-31(28,29)19-12-16(24(26)27)8-6-14(19)2/h6-9,11-12,22H,5,10,13H2,1-4H3. The zero-order valence-corrected chi connectivity index (χ0v) is 18.7. The molecule has 166 valence electrons. The molecule has 0 radical (unpaired) electrons. The van der Waals surface area contributed by atoms with Gasteiger partial charge in [0.1, 0.15) is 12.4 Å². The van der Waals surface area contributed by atoms with Crippen molar-refractivity contribution in [3.05, 3.63) is 52.1 Å². The first-order chi connectivity index (χ1) is 14.5. The molecule has 9 nitrogen and oxygen atoms in total. The summed E-state index contributed by atoms with van der Waals surface area (Å²) in [5.74, 6) is 0.379. The summed E-state index contributed by atoms with van der Waals surface area (Å²) in [5, 5.41) is 11.1. The number of anilines is 2. The van der Waals surface area contributed by atoms with E-state index in [0.29, 0.717) is 30.0 Å². The Kier molecular flexibility index (Phi) is 5.95. The van der Waals surface area contributed by atoms with Crippen molar-refractivity contribution >= 4 is 33.0 Å². The van der Waals surface area contributed by atoms with Crippen LogP contribution >= 0.6 is 0 Å². The first-order valence-electron chi connectivity index (χ1n) is 9.83. The van der Waals surface area contributed by atoms with E-state index in [4.69, 9.17) is 4.74 Å². The van der Waals surface area contributed by atoms with Gasteiger partial charge >= 0.3 is 0 Å². The lowest BCUT2D eigenvalue weighted by molar-refractivity contribution is -0.385. The van der Waals surface area contributed by atoms with Gasteiger partial charge in [0, 0.05) is 18.7 Å². The Labute approximate surface area is 181 Å². The molecule has 31 heavy (non-hydrogen) atoms. The third-order valence-corrected chi connectivity index (χ3v) is 6.56. The van der Waals surface area contributed by atoms with Gasteiger partial charge in [-0.1, -0.05) is 13.0 Å². The molecule has 0 spiro atoms. The number of ether oxygens (including phenoxy) is 1. The molecule has 0 atom stereocenters. The lowest BCUT2D eigenvalue weighted by Crippen LogP contribution is -2.42. The summed E-state index contributed by atoms with van der Waals surface area (Å²) in [7, 11) is -4.10. The third-order valence-electron chi connectivity index (χ3n) is 5.03. The summed E-state index contributed by atoms with van der Waals surface area (Å²) in [6, 6.07) is 8.38. The van der Waals surface area contributed by atoms with Crippen LogP contribution in [0, 0.1) is 22.5 Å². The average molecular weight is 448 g/mol. The second kappa shape index (κ2) is 8.18. The van der Waals surface area contributed by atoms with E-state index in [9.17, 15) is 23.3 Å². The number of fused-ring (bicyclic) bond motifs is 1. The van der Waals surface area contributed by atoms with Gasteiger partial charge in [0.15, 0.2) is 0 Å². The number of hydrogen-bond acceptors (Lipinski definition) is 6. The van der Waals surface area contributed by atoms with Crippen LogP contribution in [0.25, 0.3) is 0 Å². The van der Waals surface area contributed by atoms with E-state index < -0.39 is 20.4 Å². The number of nitro benzene ring substituents is 1. The molecule has 1 amide bonds. The van der Waals surface area contributed by atoms with Gasteiger partial charge in [0.05, 0.1) is 26.6 Å². The van der Waals surface area contributed by atoms with Gasteiger partial charge in [-0.3, -0.25) is 19.6 Å². The zero-order chi connectivity index (χ0) is 23.0. The molecule has 0 aliphatic carbocycles. The normalized spacial score (nSPS) is 15.6. The Hall–Kier alpha value is -3.14. The third kappa shape index (κ3) is 4.48. The lowest BCUT2D eigenvalue weighted by atomic mass is 9.93. The summed E-state index contributed by atoms with van der Waals surface area (Å²) in [5.41, 5.74) is 0.0350. The topological polar surface area (TPSA) is 119 Å². The molecule has 0 aromatic heterocycles. The SMILES string of the molecule is CCCN1C(=O)C(C)(C)COc2ccc(NS(=O)(=O)c3cc([N+](=O)[O-])ccc3C)cc21. The Balaban J connectivity index is 2.01. The summed E-state index contributed by atoms with van der Waals surface area (Å²) in [6.07, 6.45) is 0.712. The van der Waals surface area contributed by atoms with E-state index in [1.54, 1.807) is 37.8 Å². The van der Waals surface area contributed by atoms with Crippen molar-refractivity contribution in [2.45, 2.75) is 39.0 Å². The molecular formula is C21H25N3O6S. The summed E-state index contributed by atoms with van der Waals surface area (Å²) < 4.78 is 34.2. The fourth-order valence-corrected chi connectivity index (χ4v) is 4.67. The predicted molar refractivity (Wildman–Crippen MR) is 117 cm³/mol. The maximum atomic E-state index is 13.0. The van der Waals surface area contributed by atoms with E-state index >= 15 is 0 Å². The van der Waals surface area contributed by atoms with Gasteiger partial charge in [-0.2, -0.15) is 0 Å². The van der Waals surface area contributed by atoms with Crippen molar-refractivity contribution in [3.8, 4) is 5.75 Å². The van der Waals surface area contributed by atoms with Crippen LogP contribution in [0.5, 0.6) is 5.75 Å². The van der Waals surface area contributed by atoms with E-state index in [2.05, 4.69) is 4.72 Å². The molecule has 3 rings (SSSR count). The molecule has 1 heterocycles. The molecule has 1 N–H and O–H groups in total. The molecule has 2 aromatic carbocycles. The highest BCUT2D eigenvalue weighted by molar-refractivity contribution is 7.92. The highest BCUT2D eigenvalue weighted by Gasteiger charge is 2.37.